The van der Waals surface area contributed by atoms with E-state index in [0.717, 1.165) is 18.9 Å². The van der Waals surface area contributed by atoms with Crippen LogP contribution in [-0.4, -0.2) is 29.0 Å². The molecule has 1 fully saturated rings. The topological polar surface area (TPSA) is 51.0 Å². The molecule has 14 heavy (non-hydrogen) atoms. The van der Waals surface area contributed by atoms with E-state index in [2.05, 4.69) is 15.5 Å². The first-order valence-corrected chi connectivity index (χ1v) is 6.20. The summed E-state index contributed by atoms with van der Waals surface area (Å²) in [5, 5.41) is 12.0. The Morgan fingerprint density at radius 2 is 2.43 bits per heavy atom. The zero-order valence-corrected chi connectivity index (χ0v) is 9.14. The maximum Gasteiger partial charge on any atom is 0.276 e. The standard InChI is InChI=1S/C9H15N3OS/c1-14-9-12-11-8(13-9)6-7-4-2-3-5-10-7/h7,10H,2-6H2,1H3. The lowest BCUT2D eigenvalue weighted by Gasteiger charge is -2.21. The Labute approximate surface area is 87.9 Å². The summed E-state index contributed by atoms with van der Waals surface area (Å²) in [5.41, 5.74) is 0. The Morgan fingerprint density at radius 1 is 1.50 bits per heavy atom. The summed E-state index contributed by atoms with van der Waals surface area (Å²) in [6, 6.07) is 0.527. The zero-order chi connectivity index (χ0) is 9.80. The Balaban J connectivity index is 1.89. The molecule has 1 aliphatic rings. The highest BCUT2D eigenvalue weighted by Gasteiger charge is 2.16. The Morgan fingerprint density at radius 3 is 3.07 bits per heavy atom. The summed E-state index contributed by atoms with van der Waals surface area (Å²) in [6.07, 6.45) is 6.62. The number of hydrogen-bond acceptors (Lipinski definition) is 5. The first-order chi connectivity index (χ1) is 6.88. The smallest absolute Gasteiger partial charge is 0.276 e. The van der Waals surface area contributed by atoms with Crippen molar-refractivity contribution in [3.05, 3.63) is 5.89 Å². The van der Waals surface area contributed by atoms with Gasteiger partial charge in [0.15, 0.2) is 0 Å². The number of hydrogen-bond donors (Lipinski definition) is 1. The molecule has 0 spiro atoms. The molecule has 2 heterocycles. The van der Waals surface area contributed by atoms with Crippen molar-refractivity contribution in [3.8, 4) is 0 Å². The number of aromatic nitrogens is 2. The zero-order valence-electron chi connectivity index (χ0n) is 8.32. The van der Waals surface area contributed by atoms with Crippen molar-refractivity contribution < 1.29 is 4.42 Å². The van der Waals surface area contributed by atoms with E-state index in [1.807, 2.05) is 6.26 Å². The molecule has 1 aromatic rings. The summed E-state index contributed by atoms with van der Waals surface area (Å²) < 4.78 is 5.44. The quantitative estimate of drug-likeness (QED) is 0.771. The van der Waals surface area contributed by atoms with E-state index in [1.54, 1.807) is 0 Å². The van der Waals surface area contributed by atoms with E-state index in [4.69, 9.17) is 4.42 Å². The lowest BCUT2D eigenvalue weighted by atomic mass is 10.0. The predicted molar refractivity (Wildman–Crippen MR) is 55.4 cm³/mol. The third-order valence-electron chi connectivity index (χ3n) is 2.46. The molecule has 1 saturated heterocycles. The Hall–Kier alpha value is -0.550. The first kappa shape index (κ1) is 9.98. The SMILES string of the molecule is CSc1nnc(CC2CCCCN2)o1. The minimum absolute atomic E-state index is 0.527. The summed E-state index contributed by atoms with van der Waals surface area (Å²) in [7, 11) is 0. The van der Waals surface area contributed by atoms with Gasteiger partial charge in [-0.05, 0) is 25.6 Å². The Bertz CT molecular complexity index is 283. The van der Waals surface area contributed by atoms with Crippen LogP contribution < -0.4 is 5.32 Å². The van der Waals surface area contributed by atoms with Crippen molar-refractivity contribution in [1.29, 1.82) is 0 Å². The monoisotopic (exact) mass is 213 g/mol. The summed E-state index contributed by atoms with van der Waals surface area (Å²) in [5.74, 6) is 0.758. The maximum atomic E-state index is 5.44. The molecule has 1 aromatic heterocycles. The maximum absolute atomic E-state index is 5.44. The highest BCUT2D eigenvalue weighted by molar-refractivity contribution is 7.98. The molecule has 78 valence electrons. The molecule has 0 radical (unpaired) electrons. The average molecular weight is 213 g/mol. The minimum Gasteiger partial charge on any atom is -0.416 e. The van der Waals surface area contributed by atoms with E-state index in [-0.39, 0.29) is 0 Å². The van der Waals surface area contributed by atoms with Gasteiger partial charge in [0.2, 0.25) is 5.89 Å². The molecule has 1 N–H and O–H groups in total. The predicted octanol–water partition coefficient (Wildman–Crippen LogP) is 1.48. The molecule has 1 aliphatic heterocycles. The van der Waals surface area contributed by atoms with Crippen LogP contribution in [0.2, 0.25) is 0 Å². The number of nitrogens with zero attached hydrogens (tertiary/aromatic N) is 2. The van der Waals surface area contributed by atoms with Crippen LogP contribution >= 0.6 is 11.8 Å². The lowest BCUT2D eigenvalue weighted by molar-refractivity contribution is 0.348. The van der Waals surface area contributed by atoms with Gasteiger partial charge in [0, 0.05) is 12.5 Å². The summed E-state index contributed by atoms with van der Waals surface area (Å²) in [6.45, 7) is 1.12. The van der Waals surface area contributed by atoms with Gasteiger partial charge in [-0.1, -0.05) is 18.2 Å². The van der Waals surface area contributed by atoms with Gasteiger partial charge in [0.05, 0.1) is 0 Å². The molecule has 0 bridgehead atoms. The second kappa shape index (κ2) is 4.79. The molecular formula is C9H15N3OS. The van der Waals surface area contributed by atoms with Crippen LogP contribution in [0, 0.1) is 0 Å². The van der Waals surface area contributed by atoms with Crippen LogP contribution in [0.3, 0.4) is 0 Å². The van der Waals surface area contributed by atoms with E-state index >= 15 is 0 Å². The van der Waals surface area contributed by atoms with Gasteiger partial charge in [-0.3, -0.25) is 0 Å². The number of rotatable bonds is 3. The lowest BCUT2D eigenvalue weighted by Crippen LogP contribution is -2.35. The summed E-state index contributed by atoms with van der Waals surface area (Å²) in [4.78, 5) is 0. The summed E-state index contributed by atoms with van der Waals surface area (Å²) >= 11 is 1.49. The van der Waals surface area contributed by atoms with Crippen LogP contribution in [0.25, 0.3) is 0 Å². The molecule has 0 amide bonds. The minimum atomic E-state index is 0.527. The van der Waals surface area contributed by atoms with Crippen molar-refractivity contribution in [1.82, 2.24) is 15.5 Å². The molecule has 0 aliphatic carbocycles. The molecule has 2 rings (SSSR count). The normalized spacial score (nSPS) is 22.5. The molecular weight excluding hydrogens is 198 g/mol. The van der Waals surface area contributed by atoms with Crippen molar-refractivity contribution in [2.75, 3.05) is 12.8 Å². The van der Waals surface area contributed by atoms with Gasteiger partial charge in [-0.15, -0.1) is 10.2 Å². The van der Waals surface area contributed by atoms with Crippen LogP contribution in [0.4, 0.5) is 0 Å². The molecule has 0 aromatic carbocycles. The Kier molecular flexibility index (Phi) is 3.42. The number of thioether (sulfide) groups is 1. The second-order valence-electron chi connectivity index (χ2n) is 3.52. The van der Waals surface area contributed by atoms with Crippen LogP contribution in [-0.2, 0) is 6.42 Å². The molecule has 5 heteroatoms. The van der Waals surface area contributed by atoms with E-state index in [0.29, 0.717) is 11.3 Å². The van der Waals surface area contributed by atoms with Gasteiger partial charge < -0.3 is 9.73 Å². The van der Waals surface area contributed by atoms with Crippen LogP contribution in [0.5, 0.6) is 0 Å². The van der Waals surface area contributed by atoms with Gasteiger partial charge in [0.25, 0.3) is 5.22 Å². The molecule has 1 unspecified atom stereocenters. The fourth-order valence-corrected chi connectivity index (χ4v) is 2.01. The van der Waals surface area contributed by atoms with Crippen molar-refractivity contribution >= 4 is 11.8 Å². The van der Waals surface area contributed by atoms with E-state index in [1.165, 1.54) is 31.0 Å². The highest BCUT2D eigenvalue weighted by atomic mass is 32.2. The van der Waals surface area contributed by atoms with Crippen LogP contribution in [0.1, 0.15) is 25.2 Å². The number of nitrogens with one attached hydrogen (secondary N) is 1. The van der Waals surface area contributed by atoms with Gasteiger partial charge in [0.1, 0.15) is 0 Å². The van der Waals surface area contributed by atoms with Crippen molar-refractivity contribution in [2.45, 2.75) is 36.9 Å². The largest absolute Gasteiger partial charge is 0.416 e. The molecule has 1 atom stereocenters. The van der Waals surface area contributed by atoms with Gasteiger partial charge in [-0.2, -0.15) is 0 Å². The number of piperidine rings is 1. The third kappa shape index (κ3) is 2.48. The fraction of sp³-hybridized carbons (Fsp3) is 0.778. The van der Waals surface area contributed by atoms with Gasteiger partial charge >= 0.3 is 0 Å². The first-order valence-electron chi connectivity index (χ1n) is 4.98. The van der Waals surface area contributed by atoms with Crippen molar-refractivity contribution in [2.24, 2.45) is 0 Å². The van der Waals surface area contributed by atoms with Crippen LogP contribution in [0.15, 0.2) is 9.64 Å². The van der Waals surface area contributed by atoms with E-state index in [9.17, 15) is 0 Å². The molecule has 4 nitrogen and oxygen atoms in total. The third-order valence-corrected chi connectivity index (χ3v) is 2.97. The van der Waals surface area contributed by atoms with Crippen molar-refractivity contribution in [3.63, 3.8) is 0 Å². The highest BCUT2D eigenvalue weighted by Crippen LogP contribution is 2.15. The van der Waals surface area contributed by atoms with Gasteiger partial charge in [-0.25, -0.2) is 0 Å². The fourth-order valence-electron chi connectivity index (χ4n) is 1.71. The average Bonchev–Trinajstić information content (AvgIpc) is 2.67. The molecule has 0 saturated carbocycles. The second-order valence-corrected chi connectivity index (χ2v) is 4.27. The van der Waals surface area contributed by atoms with E-state index < -0.39 is 0 Å².